The molecule has 0 aromatic rings. The van der Waals surface area contributed by atoms with E-state index in [9.17, 15) is 33.2 Å². The lowest BCUT2D eigenvalue weighted by molar-refractivity contribution is -0.197. The molecule has 8 aliphatic rings. The first-order valence-electron chi connectivity index (χ1n) is 43.8. The summed E-state index contributed by atoms with van der Waals surface area (Å²) < 4.78 is 86.6. The highest BCUT2D eigenvalue weighted by molar-refractivity contribution is 7.46. The summed E-state index contributed by atoms with van der Waals surface area (Å²) in [6.45, 7) is 30.8. The Bertz CT molecular complexity index is 3400. The molecule has 33 heteroatoms. The number of hydroxylamine groups is 2. The van der Waals surface area contributed by atoms with Crippen LogP contribution in [0.1, 0.15) is 222 Å². The van der Waals surface area contributed by atoms with Crippen LogP contribution in [0.2, 0.25) is 0 Å². The maximum absolute atomic E-state index is 14.8. The number of ether oxygens (including phenoxy) is 6. The Morgan fingerprint density at radius 2 is 0.868 bits per heavy atom. The number of halogens is 1. The SMILES string of the molecule is C=C(CCCC(=O)ON1C(=O)CCC1=O)NCCOCCOCCNC(=O)OCC1[C@H]2CCC#CCC[C@@H]12.CC(C)N(C(C)C)P(OCCC#N)OCCOCCNC(=O)C1(F)C#CCCCCC1.CC(C)N(C(C)C)P(OCCC#N)OCCOCCNC(=O)OCC1[C@H]2CCC#CCC[C@@H]12.CP(OCCC#N)OCCC1[C@H]2CCC#CCC[C@@H]12. The Labute approximate surface area is 724 Å². The van der Waals surface area contributed by atoms with Gasteiger partial charge in [0.1, 0.15) is 0 Å². The number of allylic oxidation sites excluding steroid dienone is 1. The molecule has 7 unspecified atom stereocenters. The van der Waals surface area contributed by atoms with Crippen molar-refractivity contribution < 1.29 is 93.6 Å². The Morgan fingerprint density at radius 1 is 0.488 bits per heavy atom. The molecule has 1 saturated heterocycles. The van der Waals surface area contributed by atoms with Gasteiger partial charge < -0.3 is 81.7 Å². The number of fused-ring (bicyclic) bond motifs is 3. The highest BCUT2D eigenvalue weighted by Gasteiger charge is 2.51. The fourth-order valence-corrected chi connectivity index (χ4v) is 19.1. The molecule has 4 N–H and O–H groups in total. The summed E-state index contributed by atoms with van der Waals surface area (Å²) in [7, 11) is -3.36. The van der Waals surface area contributed by atoms with Gasteiger partial charge in [-0.15, -0.1) is 40.6 Å². The molecular formula is C88H138FN10O19P3. The fourth-order valence-electron chi connectivity index (χ4n) is 15.2. The highest BCUT2D eigenvalue weighted by atomic mass is 31.2. The lowest BCUT2D eigenvalue weighted by Crippen LogP contribution is -2.44. The largest absolute Gasteiger partial charge is 0.449 e. The van der Waals surface area contributed by atoms with Crippen LogP contribution in [0.5, 0.6) is 0 Å². The molecule has 1 aliphatic heterocycles. The van der Waals surface area contributed by atoms with Crippen molar-refractivity contribution in [2.75, 3.05) is 139 Å². The van der Waals surface area contributed by atoms with E-state index in [1.54, 1.807) is 0 Å². The second kappa shape index (κ2) is 62.7. The van der Waals surface area contributed by atoms with Gasteiger partial charge in [-0.3, -0.25) is 14.4 Å². The predicted octanol–water partition coefficient (Wildman–Crippen LogP) is 14.3. The van der Waals surface area contributed by atoms with E-state index >= 15 is 0 Å². The molecular weight excluding hydrogens is 1610 g/mol. The smallest absolute Gasteiger partial charge is 0.407 e. The van der Waals surface area contributed by atoms with Crippen LogP contribution in [-0.4, -0.2) is 219 Å². The molecule has 0 bridgehead atoms. The van der Waals surface area contributed by atoms with Gasteiger partial charge in [0.25, 0.3) is 34.8 Å². The number of rotatable bonds is 53. The molecule has 3 saturated carbocycles. The molecule has 0 aromatic heterocycles. The van der Waals surface area contributed by atoms with E-state index < -0.39 is 60.9 Å². The van der Waals surface area contributed by atoms with Crippen LogP contribution in [0.4, 0.5) is 14.0 Å². The number of carbonyl (C=O) groups is 6. The van der Waals surface area contributed by atoms with Crippen molar-refractivity contribution in [1.29, 1.82) is 15.8 Å². The molecule has 1 heterocycles. The van der Waals surface area contributed by atoms with Crippen molar-refractivity contribution in [3.8, 4) is 65.6 Å². The maximum atomic E-state index is 14.8. The summed E-state index contributed by atoms with van der Waals surface area (Å²) in [4.78, 5) is 75.5. The van der Waals surface area contributed by atoms with Gasteiger partial charge in [-0.1, -0.05) is 24.8 Å². The van der Waals surface area contributed by atoms with Crippen LogP contribution in [0.15, 0.2) is 12.3 Å². The molecule has 13 atom stereocenters. The molecule has 8 rings (SSSR count). The van der Waals surface area contributed by atoms with Gasteiger partial charge in [-0.2, -0.15) is 15.8 Å². The monoisotopic (exact) mass is 1750 g/mol. The standard InChI is InChI=1S/C27H39N3O8.C24H40N3O5P.C22H37FN3O4P.C15H22NO2P/c1-20(7-6-10-26(33)38-30-24(31)11-12-25(30)32)28-13-15-35-17-18-36-16-14-29-27(34)37-19-23-21-8-4-2-3-5-9-22(21)23;1-19(2)27(20(3)4)33(31-14-9-12-25)32-17-16-29-15-13-26-24(28)30-18-23-21-10-7-5-6-8-11-22(21)23;1-19(2)26(20(3)4)31(29-15-10-13-24)30-18-17-28-16-14-25-21(27)22(23)11-8-6-5-7-9-12-22;1-19(17-11-6-10-16)18-12-9-15-13-7-4-2-3-5-8-14(13)15/h21-23,28H,1,4-19H2,(H,29,34);19-23H,7-11,13-18H2,1-4H3,(H,26,28);19-20H,5-8,10-11,14-18H2,1-4H3,(H,25,27);13-15H,4-9,11-12H2,1H3/t21-,22+,23?;21-,22+,23?,33?;;13-,14+,15?,19?. The zero-order valence-corrected chi connectivity index (χ0v) is 76.1. The highest BCUT2D eigenvalue weighted by Crippen LogP contribution is 2.56. The Hall–Kier alpha value is -6.39. The number of hydrogen-bond acceptors (Lipinski definition) is 25. The second-order valence-corrected chi connectivity index (χ2v) is 36.0. The van der Waals surface area contributed by atoms with E-state index in [4.69, 9.17) is 76.2 Å². The zero-order chi connectivity index (χ0) is 87.8. The Balaban J connectivity index is 0.000000294. The minimum Gasteiger partial charge on any atom is -0.449 e. The number of imide groups is 1. The number of hydrogen-bond donors (Lipinski definition) is 4. The van der Waals surface area contributed by atoms with Gasteiger partial charge in [0.05, 0.1) is 143 Å². The van der Waals surface area contributed by atoms with Gasteiger partial charge in [-0.05, 0) is 179 Å². The minimum atomic E-state index is -2.10. The topological polar surface area (TPSA) is 352 Å². The van der Waals surface area contributed by atoms with E-state index in [-0.39, 0.29) is 69.1 Å². The molecule has 7 aliphatic carbocycles. The van der Waals surface area contributed by atoms with Crippen LogP contribution in [0, 0.1) is 135 Å². The van der Waals surface area contributed by atoms with Crippen molar-refractivity contribution in [3.63, 3.8) is 0 Å². The molecule has 121 heavy (non-hydrogen) atoms. The lowest BCUT2D eigenvalue weighted by Gasteiger charge is -2.35. The summed E-state index contributed by atoms with van der Waals surface area (Å²) >= 11 is 0. The third-order valence-electron chi connectivity index (χ3n) is 21.3. The first-order chi connectivity index (χ1) is 58.5. The van der Waals surface area contributed by atoms with Crippen molar-refractivity contribution in [2.45, 2.75) is 252 Å². The van der Waals surface area contributed by atoms with Crippen molar-refractivity contribution in [3.05, 3.63) is 12.3 Å². The lowest BCUT2D eigenvalue weighted by atomic mass is 9.94. The summed E-state index contributed by atoms with van der Waals surface area (Å²) in [5.74, 6) is 28.5. The maximum Gasteiger partial charge on any atom is 0.407 e. The van der Waals surface area contributed by atoms with E-state index in [0.29, 0.717) is 198 Å². The normalized spacial score (nSPS) is 22.9. The summed E-state index contributed by atoms with van der Waals surface area (Å²) in [6, 6.07) is 7.22. The van der Waals surface area contributed by atoms with Gasteiger partial charge in [-0.25, -0.2) is 28.1 Å². The minimum absolute atomic E-state index is 0.0762. The van der Waals surface area contributed by atoms with Crippen LogP contribution in [-0.2, 0) is 79.6 Å². The Morgan fingerprint density at radius 3 is 1.29 bits per heavy atom. The van der Waals surface area contributed by atoms with Crippen molar-refractivity contribution in [2.24, 2.45) is 53.3 Å². The average Bonchev–Trinajstić information content (AvgIpc) is 1.64. The average molecular weight is 1750 g/mol. The summed E-state index contributed by atoms with van der Waals surface area (Å²) in [5.41, 5.74) is -1.35. The fraction of sp³-hybridized carbons (Fsp3) is 0.784. The first kappa shape index (κ1) is 105. The van der Waals surface area contributed by atoms with E-state index in [1.807, 2.05) is 6.66 Å². The Kier molecular flexibility index (Phi) is 54.5. The zero-order valence-electron chi connectivity index (χ0n) is 73.4. The molecule has 5 amide bonds. The molecule has 0 radical (unpaired) electrons. The van der Waals surface area contributed by atoms with Crippen LogP contribution in [0.25, 0.3) is 0 Å². The van der Waals surface area contributed by atoms with E-state index in [0.717, 1.165) is 114 Å². The number of alkyl halides is 1. The molecule has 29 nitrogen and oxygen atoms in total. The second-order valence-electron chi connectivity index (χ2n) is 31.7. The summed E-state index contributed by atoms with van der Waals surface area (Å²) in [6.07, 6.45) is 19.0. The van der Waals surface area contributed by atoms with Gasteiger partial charge >= 0.3 is 18.2 Å². The predicted molar refractivity (Wildman–Crippen MR) is 460 cm³/mol. The quantitative estimate of drug-likeness (QED) is 0.0190. The number of nitrogens with zero attached hydrogens (tertiary/aromatic N) is 6. The molecule has 0 spiro atoms. The number of alkyl carbamates (subject to hydrolysis) is 2. The number of carbonyl (C=O) groups excluding carboxylic acids is 6. The molecule has 676 valence electrons. The first-order valence-corrected chi connectivity index (χ1v) is 47.7. The third kappa shape index (κ3) is 43.9. The van der Waals surface area contributed by atoms with Crippen molar-refractivity contribution in [1.82, 2.24) is 35.7 Å². The van der Waals surface area contributed by atoms with E-state index in [2.05, 4.69) is 158 Å². The van der Waals surface area contributed by atoms with Gasteiger partial charge in [0.15, 0.2) is 8.38 Å². The number of nitrogens with one attached hydrogen (secondary N) is 4. The third-order valence-corrected chi connectivity index (χ3v) is 26.6. The number of amides is 5. The van der Waals surface area contributed by atoms with Crippen molar-refractivity contribution >= 4 is 61.3 Å². The van der Waals surface area contributed by atoms with Gasteiger partial charge in [0.2, 0.25) is 5.67 Å². The van der Waals surface area contributed by atoms with Crippen LogP contribution in [0.3, 0.4) is 0 Å². The van der Waals surface area contributed by atoms with Crippen LogP contribution >= 0.6 is 25.4 Å². The van der Waals surface area contributed by atoms with Gasteiger partial charge in [0, 0.05) is 133 Å². The van der Waals surface area contributed by atoms with E-state index in [1.165, 1.54) is 12.8 Å². The molecule has 0 aromatic carbocycles. The molecule has 4 fully saturated rings. The summed E-state index contributed by atoms with van der Waals surface area (Å²) in [5, 5.41) is 37.6. The van der Waals surface area contributed by atoms with Crippen LogP contribution < -0.4 is 21.3 Å². The number of nitriles is 3.